The number of carbonyl (C=O) groups is 1. The van der Waals surface area contributed by atoms with Crippen LogP contribution >= 0.6 is 0 Å². The van der Waals surface area contributed by atoms with Gasteiger partial charge in [0.15, 0.2) is 5.65 Å². The monoisotopic (exact) mass is 427 g/mol. The zero-order valence-electron chi connectivity index (χ0n) is 18.3. The third-order valence-corrected chi connectivity index (χ3v) is 7.41. The predicted octanol–water partition coefficient (Wildman–Crippen LogP) is 4.98. The zero-order chi connectivity index (χ0) is 21.5. The number of pyridine rings is 1. The number of amides is 1. The Balaban J connectivity index is 1.13. The number of aromatic nitrogens is 4. The molecule has 6 nitrogen and oxygen atoms in total. The van der Waals surface area contributed by atoms with Gasteiger partial charge in [-0.15, -0.1) is 0 Å². The van der Waals surface area contributed by atoms with Crippen molar-refractivity contribution in [3.05, 3.63) is 60.2 Å². The van der Waals surface area contributed by atoms with E-state index in [-0.39, 0.29) is 5.91 Å². The largest absolute Gasteiger partial charge is 0.361 e. The number of nitrogens with one attached hydrogen (secondary N) is 1. The molecule has 1 saturated heterocycles. The highest BCUT2D eigenvalue weighted by Gasteiger charge is 2.31. The summed E-state index contributed by atoms with van der Waals surface area (Å²) in [6.45, 7) is 1.63. The summed E-state index contributed by atoms with van der Waals surface area (Å²) in [5.74, 6) is 2.05. The maximum atomic E-state index is 12.9. The van der Waals surface area contributed by atoms with Crippen molar-refractivity contribution in [3.63, 3.8) is 0 Å². The lowest BCUT2D eigenvalue weighted by Crippen LogP contribution is -2.39. The molecule has 0 spiro atoms. The summed E-state index contributed by atoms with van der Waals surface area (Å²) in [5.41, 5.74) is 4.38. The van der Waals surface area contributed by atoms with Gasteiger partial charge in [-0.3, -0.25) is 4.79 Å². The molecule has 2 aliphatic rings. The van der Waals surface area contributed by atoms with Crippen molar-refractivity contribution in [2.75, 3.05) is 13.1 Å². The van der Waals surface area contributed by atoms with Gasteiger partial charge in [-0.2, -0.15) is 0 Å². The second-order valence-electron chi connectivity index (χ2n) is 9.29. The first-order valence-corrected chi connectivity index (χ1v) is 11.9. The molecular formula is C26H29N5O. The van der Waals surface area contributed by atoms with Gasteiger partial charge in [-0.1, -0.05) is 24.6 Å². The molecule has 164 valence electrons. The Labute approximate surface area is 187 Å². The highest BCUT2D eigenvalue weighted by atomic mass is 16.2. The molecule has 4 aromatic rings. The molecule has 6 heteroatoms. The third kappa shape index (κ3) is 3.38. The number of hydrogen-bond donors (Lipinski definition) is 1. The Morgan fingerprint density at radius 2 is 1.91 bits per heavy atom. The Morgan fingerprint density at radius 1 is 1.06 bits per heavy atom. The summed E-state index contributed by atoms with van der Waals surface area (Å²) >= 11 is 0. The molecular weight excluding hydrogens is 398 g/mol. The van der Waals surface area contributed by atoms with Gasteiger partial charge in [0.2, 0.25) is 5.91 Å². The Bertz CT molecular complexity index is 1260. The van der Waals surface area contributed by atoms with E-state index in [1.54, 1.807) is 0 Å². The highest BCUT2D eigenvalue weighted by molar-refractivity contribution is 5.84. The first-order valence-electron chi connectivity index (χ1n) is 11.9. The van der Waals surface area contributed by atoms with E-state index >= 15 is 0 Å². The normalized spacial score (nSPS) is 17.8. The minimum Gasteiger partial charge on any atom is -0.361 e. The van der Waals surface area contributed by atoms with Gasteiger partial charge in [0, 0.05) is 54.8 Å². The van der Waals surface area contributed by atoms with Crippen molar-refractivity contribution < 1.29 is 4.79 Å². The molecule has 0 atom stereocenters. The molecule has 1 amide bonds. The van der Waals surface area contributed by atoms with E-state index in [0.29, 0.717) is 18.4 Å². The van der Waals surface area contributed by atoms with Crippen LogP contribution in [0.3, 0.4) is 0 Å². The molecule has 1 saturated carbocycles. The van der Waals surface area contributed by atoms with Crippen molar-refractivity contribution in [1.82, 2.24) is 24.4 Å². The number of imidazole rings is 1. The Hall–Kier alpha value is -3.15. The average molecular weight is 428 g/mol. The summed E-state index contributed by atoms with van der Waals surface area (Å²) in [7, 11) is 0. The van der Waals surface area contributed by atoms with E-state index in [9.17, 15) is 4.79 Å². The van der Waals surface area contributed by atoms with Crippen LogP contribution in [-0.4, -0.2) is 43.4 Å². The molecule has 6 rings (SSSR count). The van der Waals surface area contributed by atoms with Crippen LogP contribution in [0.25, 0.3) is 22.1 Å². The summed E-state index contributed by atoms with van der Waals surface area (Å²) in [6.07, 6.45) is 11.0. The van der Waals surface area contributed by atoms with Crippen LogP contribution < -0.4 is 0 Å². The number of nitrogens with zero attached hydrogens (tertiary/aromatic N) is 4. The van der Waals surface area contributed by atoms with Crippen LogP contribution in [0.1, 0.15) is 61.9 Å². The minimum atomic E-state index is 0.265. The molecule has 32 heavy (non-hydrogen) atoms. The molecule has 0 bridgehead atoms. The molecule has 1 aliphatic carbocycles. The summed E-state index contributed by atoms with van der Waals surface area (Å²) in [4.78, 5) is 28.0. The highest BCUT2D eigenvalue weighted by Crippen LogP contribution is 2.39. The van der Waals surface area contributed by atoms with Crippen molar-refractivity contribution in [2.45, 2.75) is 56.9 Å². The molecule has 2 fully saturated rings. The predicted molar refractivity (Wildman–Crippen MR) is 126 cm³/mol. The van der Waals surface area contributed by atoms with Gasteiger partial charge < -0.3 is 14.5 Å². The van der Waals surface area contributed by atoms with Gasteiger partial charge in [0.05, 0.1) is 0 Å². The number of rotatable bonds is 5. The summed E-state index contributed by atoms with van der Waals surface area (Å²) in [5, 5.41) is 1.22. The lowest BCUT2D eigenvalue weighted by molar-refractivity contribution is -0.132. The van der Waals surface area contributed by atoms with Crippen molar-refractivity contribution >= 4 is 28.0 Å². The smallest absolute Gasteiger partial charge is 0.222 e. The SMILES string of the molecule is O=C(CCc1c[nH]c2ccccc12)N1CCC(n2c(C3CCC3)nc3cccnc32)CC1. The van der Waals surface area contributed by atoms with Crippen LogP contribution in [0.5, 0.6) is 0 Å². The maximum absolute atomic E-state index is 12.9. The molecule has 1 aromatic carbocycles. The van der Waals surface area contributed by atoms with Gasteiger partial charge in [-0.05, 0) is 55.9 Å². The number of benzene rings is 1. The number of para-hydroxylation sites is 1. The van der Waals surface area contributed by atoms with Crippen molar-refractivity contribution in [2.24, 2.45) is 0 Å². The lowest BCUT2D eigenvalue weighted by Gasteiger charge is -2.35. The number of aromatic amines is 1. The Kier molecular flexibility index (Phi) is 4.93. The minimum absolute atomic E-state index is 0.265. The van der Waals surface area contributed by atoms with Crippen LogP contribution in [0.4, 0.5) is 0 Å². The van der Waals surface area contributed by atoms with E-state index in [2.05, 4.69) is 43.7 Å². The zero-order valence-corrected chi connectivity index (χ0v) is 18.3. The molecule has 1 aliphatic heterocycles. The van der Waals surface area contributed by atoms with Gasteiger partial charge >= 0.3 is 0 Å². The quantitative estimate of drug-likeness (QED) is 0.489. The molecule has 3 aromatic heterocycles. The number of hydrogen-bond acceptors (Lipinski definition) is 3. The first-order chi connectivity index (χ1) is 15.8. The number of carbonyl (C=O) groups excluding carboxylic acids is 1. The maximum Gasteiger partial charge on any atom is 0.222 e. The fourth-order valence-electron chi connectivity index (χ4n) is 5.37. The number of likely N-dealkylation sites (tertiary alicyclic amines) is 1. The fraction of sp³-hybridized carbons (Fsp3) is 0.423. The Morgan fingerprint density at radius 3 is 2.72 bits per heavy atom. The van der Waals surface area contributed by atoms with Crippen molar-refractivity contribution in [1.29, 1.82) is 0 Å². The molecule has 0 unspecified atom stereocenters. The van der Waals surface area contributed by atoms with E-state index < -0.39 is 0 Å². The number of piperidine rings is 1. The molecule has 0 radical (unpaired) electrons. The lowest BCUT2D eigenvalue weighted by atomic mass is 9.84. The second-order valence-corrected chi connectivity index (χ2v) is 9.29. The average Bonchev–Trinajstić information content (AvgIpc) is 3.38. The van der Waals surface area contributed by atoms with Gasteiger partial charge in [0.1, 0.15) is 11.3 Å². The van der Waals surface area contributed by atoms with E-state index in [4.69, 9.17) is 4.98 Å². The standard InChI is InChI=1S/C26H29N5O/c32-24(11-10-19-17-28-22-8-2-1-7-21(19)22)30-15-12-20(13-16-30)31-25(18-5-3-6-18)29-23-9-4-14-27-26(23)31/h1-2,4,7-9,14,17-18,20,28H,3,5-6,10-13,15-16H2. The molecule has 1 N–H and O–H groups in total. The summed E-state index contributed by atoms with van der Waals surface area (Å²) in [6, 6.07) is 12.7. The topological polar surface area (TPSA) is 66.8 Å². The first kappa shape index (κ1) is 19.5. The van der Waals surface area contributed by atoms with E-state index in [0.717, 1.165) is 49.0 Å². The van der Waals surface area contributed by atoms with Crippen LogP contribution in [0.15, 0.2) is 48.8 Å². The fourth-order valence-corrected chi connectivity index (χ4v) is 5.37. The number of fused-ring (bicyclic) bond motifs is 2. The van der Waals surface area contributed by atoms with E-state index in [1.807, 2.05) is 24.5 Å². The van der Waals surface area contributed by atoms with Crippen molar-refractivity contribution in [3.8, 4) is 0 Å². The third-order valence-electron chi connectivity index (χ3n) is 7.41. The molecule has 4 heterocycles. The summed E-state index contributed by atoms with van der Waals surface area (Å²) < 4.78 is 2.41. The van der Waals surface area contributed by atoms with Crippen LogP contribution in [0, 0.1) is 0 Å². The van der Waals surface area contributed by atoms with Gasteiger partial charge in [-0.25, -0.2) is 9.97 Å². The van der Waals surface area contributed by atoms with Gasteiger partial charge in [0.25, 0.3) is 0 Å². The van der Waals surface area contributed by atoms with E-state index in [1.165, 1.54) is 36.0 Å². The van der Waals surface area contributed by atoms with Crippen LogP contribution in [0.2, 0.25) is 0 Å². The van der Waals surface area contributed by atoms with Crippen LogP contribution in [-0.2, 0) is 11.2 Å². The number of aryl methyl sites for hydroxylation is 1. The number of H-pyrrole nitrogens is 1. The second kappa shape index (κ2) is 8.08.